The van der Waals surface area contributed by atoms with Crippen LogP contribution >= 0.6 is 0 Å². The normalized spacial score (nSPS) is 17.5. The summed E-state index contributed by atoms with van der Waals surface area (Å²) in [6, 6.07) is 0.0293. The number of ether oxygens (including phenoxy) is 1. The molecule has 2 aromatic rings. The van der Waals surface area contributed by atoms with Crippen LogP contribution in [0.15, 0.2) is 11.0 Å². The maximum Gasteiger partial charge on any atom is 0.329 e. The lowest BCUT2D eigenvalue weighted by atomic mass is 10.2. The van der Waals surface area contributed by atoms with Crippen molar-refractivity contribution in [2.24, 2.45) is 0 Å². The van der Waals surface area contributed by atoms with Crippen molar-refractivity contribution in [3.63, 3.8) is 0 Å². The lowest BCUT2D eigenvalue weighted by Crippen LogP contribution is -2.41. The van der Waals surface area contributed by atoms with Crippen molar-refractivity contribution < 1.29 is 4.74 Å². The van der Waals surface area contributed by atoms with Gasteiger partial charge in [-0.15, -0.1) is 6.42 Å². The van der Waals surface area contributed by atoms with Gasteiger partial charge in [0, 0.05) is 19.6 Å². The molecule has 0 saturated carbocycles. The van der Waals surface area contributed by atoms with Gasteiger partial charge < -0.3 is 4.74 Å². The monoisotopic (exact) mass is 301 g/mol. The first-order valence-electron chi connectivity index (χ1n) is 7.47. The number of aromatic nitrogens is 4. The number of rotatable bonds is 4. The summed E-state index contributed by atoms with van der Waals surface area (Å²) in [4.78, 5) is 25.9. The number of morpholine rings is 1. The van der Waals surface area contributed by atoms with Crippen LogP contribution in [0.3, 0.4) is 0 Å². The zero-order chi connectivity index (χ0) is 15.5. The highest BCUT2D eigenvalue weighted by molar-refractivity contribution is 5.66. The summed E-state index contributed by atoms with van der Waals surface area (Å²) < 4.78 is 7.05. The van der Waals surface area contributed by atoms with Gasteiger partial charge in [0.15, 0.2) is 11.3 Å². The number of hydrogen-bond acceptors (Lipinski definition) is 5. The molecule has 7 heteroatoms. The first-order chi connectivity index (χ1) is 10.7. The standard InChI is InChI=1S/C15H19N5O2/c1-3-11-9-16-13-14(17-11)20(15(21)18-13)12(4-2)10-19-5-7-22-8-6-19/h1,9,12H,4-8,10H2,2H3,(H,16,18,21)/t12-/m1/s1. The first-order valence-corrected chi connectivity index (χ1v) is 7.47. The summed E-state index contributed by atoms with van der Waals surface area (Å²) in [5.74, 6) is 2.46. The molecule has 0 radical (unpaired) electrons. The van der Waals surface area contributed by atoms with Crippen molar-refractivity contribution >= 4 is 11.3 Å². The van der Waals surface area contributed by atoms with E-state index < -0.39 is 0 Å². The Kier molecular flexibility index (Phi) is 4.22. The van der Waals surface area contributed by atoms with E-state index in [0.29, 0.717) is 17.0 Å². The third kappa shape index (κ3) is 2.75. The van der Waals surface area contributed by atoms with Gasteiger partial charge in [-0.05, 0) is 12.3 Å². The fraction of sp³-hybridized carbons (Fsp3) is 0.533. The summed E-state index contributed by atoms with van der Waals surface area (Å²) in [5.41, 5.74) is 1.25. The minimum atomic E-state index is -0.190. The zero-order valence-corrected chi connectivity index (χ0v) is 12.6. The lowest BCUT2D eigenvalue weighted by Gasteiger charge is -2.30. The van der Waals surface area contributed by atoms with Crippen molar-refractivity contribution in [2.45, 2.75) is 19.4 Å². The van der Waals surface area contributed by atoms with Gasteiger partial charge in [0.05, 0.1) is 25.5 Å². The average Bonchev–Trinajstić information content (AvgIpc) is 2.88. The Morgan fingerprint density at radius 2 is 2.27 bits per heavy atom. The van der Waals surface area contributed by atoms with Gasteiger partial charge in [0.25, 0.3) is 0 Å². The van der Waals surface area contributed by atoms with E-state index in [1.807, 2.05) is 0 Å². The molecule has 3 rings (SSSR count). The molecule has 1 saturated heterocycles. The summed E-state index contributed by atoms with van der Waals surface area (Å²) in [6.07, 6.45) is 7.70. The molecule has 1 aliphatic heterocycles. The van der Waals surface area contributed by atoms with Crippen LogP contribution in [0.1, 0.15) is 25.1 Å². The number of aromatic amines is 1. The second kappa shape index (κ2) is 6.30. The number of hydrogen-bond donors (Lipinski definition) is 1. The van der Waals surface area contributed by atoms with Crippen LogP contribution in [-0.2, 0) is 4.74 Å². The Bertz CT molecular complexity index is 751. The minimum Gasteiger partial charge on any atom is -0.379 e. The molecular formula is C15H19N5O2. The van der Waals surface area contributed by atoms with E-state index in [-0.39, 0.29) is 11.7 Å². The van der Waals surface area contributed by atoms with Gasteiger partial charge in [-0.1, -0.05) is 6.92 Å². The molecule has 1 aliphatic rings. The Morgan fingerprint density at radius 3 is 2.95 bits per heavy atom. The van der Waals surface area contributed by atoms with Gasteiger partial charge in [0.1, 0.15) is 5.69 Å². The third-order valence-electron chi connectivity index (χ3n) is 3.98. The Labute approximate surface area is 128 Å². The topological polar surface area (TPSA) is 76.0 Å². The maximum atomic E-state index is 12.3. The molecule has 1 fully saturated rings. The Balaban J connectivity index is 1.97. The molecule has 22 heavy (non-hydrogen) atoms. The number of H-pyrrole nitrogens is 1. The van der Waals surface area contributed by atoms with Crippen molar-refractivity contribution in [1.82, 2.24) is 24.4 Å². The van der Waals surface area contributed by atoms with Gasteiger partial charge in [-0.25, -0.2) is 14.8 Å². The minimum absolute atomic E-state index is 0.0293. The molecule has 7 nitrogen and oxygen atoms in total. The maximum absolute atomic E-state index is 12.3. The Hall–Kier alpha value is -2.17. The van der Waals surface area contributed by atoms with Gasteiger partial charge >= 0.3 is 5.69 Å². The van der Waals surface area contributed by atoms with Gasteiger partial charge in [-0.2, -0.15) is 0 Å². The fourth-order valence-electron chi connectivity index (χ4n) is 2.78. The summed E-state index contributed by atoms with van der Waals surface area (Å²) >= 11 is 0. The van der Waals surface area contributed by atoms with E-state index >= 15 is 0 Å². The summed E-state index contributed by atoms with van der Waals surface area (Å²) in [7, 11) is 0. The molecule has 1 atom stereocenters. The number of imidazole rings is 1. The third-order valence-corrected chi connectivity index (χ3v) is 3.98. The van der Waals surface area contributed by atoms with Crippen LogP contribution in [0, 0.1) is 12.3 Å². The predicted molar refractivity (Wildman–Crippen MR) is 82.7 cm³/mol. The molecule has 2 aromatic heterocycles. The van der Waals surface area contributed by atoms with E-state index in [1.54, 1.807) is 4.57 Å². The second-order valence-corrected chi connectivity index (χ2v) is 5.35. The summed E-state index contributed by atoms with van der Waals surface area (Å²) in [5, 5.41) is 0. The van der Waals surface area contributed by atoms with Gasteiger partial charge in [0.2, 0.25) is 0 Å². The van der Waals surface area contributed by atoms with E-state index in [9.17, 15) is 4.79 Å². The van der Waals surface area contributed by atoms with Crippen LogP contribution in [-0.4, -0.2) is 57.3 Å². The van der Waals surface area contributed by atoms with Crippen LogP contribution in [0.2, 0.25) is 0 Å². The molecule has 0 amide bonds. The van der Waals surface area contributed by atoms with Crippen LogP contribution in [0.5, 0.6) is 0 Å². The number of nitrogens with one attached hydrogen (secondary N) is 1. The predicted octanol–water partition coefficient (Wildman–Crippen LogP) is 0.384. The van der Waals surface area contributed by atoms with Crippen molar-refractivity contribution in [1.29, 1.82) is 0 Å². The highest BCUT2D eigenvalue weighted by atomic mass is 16.5. The quantitative estimate of drug-likeness (QED) is 0.827. The van der Waals surface area contributed by atoms with Crippen LogP contribution < -0.4 is 5.69 Å². The van der Waals surface area contributed by atoms with E-state index in [2.05, 4.69) is 32.7 Å². The molecule has 0 aliphatic carbocycles. The zero-order valence-electron chi connectivity index (χ0n) is 12.6. The van der Waals surface area contributed by atoms with Crippen molar-refractivity contribution in [3.05, 3.63) is 22.4 Å². The number of nitrogens with zero attached hydrogens (tertiary/aromatic N) is 4. The average molecular weight is 301 g/mol. The Morgan fingerprint density at radius 1 is 1.50 bits per heavy atom. The molecule has 1 N–H and O–H groups in total. The fourth-order valence-corrected chi connectivity index (χ4v) is 2.78. The van der Waals surface area contributed by atoms with E-state index in [0.717, 1.165) is 39.3 Å². The molecular weight excluding hydrogens is 282 g/mol. The van der Waals surface area contributed by atoms with Crippen LogP contribution in [0.25, 0.3) is 11.3 Å². The largest absolute Gasteiger partial charge is 0.379 e. The van der Waals surface area contributed by atoms with Crippen molar-refractivity contribution in [2.75, 3.05) is 32.8 Å². The van der Waals surface area contributed by atoms with Crippen LogP contribution in [0.4, 0.5) is 0 Å². The molecule has 0 unspecified atom stereocenters. The summed E-state index contributed by atoms with van der Waals surface area (Å²) in [6.45, 7) is 6.09. The molecule has 0 aromatic carbocycles. The van der Waals surface area contributed by atoms with E-state index in [1.165, 1.54) is 6.20 Å². The molecule has 0 bridgehead atoms. The highest BCUT2D eigenvalue weighted by Gasteiger charge is 2.21. The SMILES string of the molecule is C#Cc1cnc2[nH]c(=O)n([C@H](CC)CN3CCOCC3)c2n1. The first kappa shape index (κ1) is 14.8. The second-order valence-electron chi connectivity index (χ2n) is 5.35. The van der Waals surface area contributed by atoms with Crippen molar-refractivity contribution in [3.8, 4) is 12.3 Å². The molecule has 116 valence electrons. The smallest absolute Gasteiger partial charge is 0.329 e. The van der Waals surface area contributed by atoms with Gasteiger partial charge in [-0.3, -0.25) is 14.5 Å². The number of fused-ring (bicyclic) bond motifs is 1. The molecule has 3 heterocycles. The molecule has 0 spiro atoms. The highest BCUT2D eigenvalue weighted by Crippen LogP contribution is 2.17. The lowest BCUT2D eigenvalue weighted by molar-refractivity contribution is 0.0312. The number of terminal acetylenes is 1. The van der Waals surface area contributed by atoms with E-state index in [4.69, 9.17) is 11.2 Å².